The first-order valence-corrected chi connectivity index (χ1v) is 10.3. The molecule has 146 valence electrons. The molecule has 1 aliphatic heterocycles. The number of benzene rings is 1. The molecule has 0 saturated heterocycles. The van der Waals surface area contributed by atoms with E-state index in [2.05, 4.69) is 68.6 Å². The molecular weight excluding hydrogens is 368 g/mol. The average molecular weight is 394 g/mol. The number of nitrogens with zero attached hydrogens (tertiary/aromatic N) is 2. The van der Waals surface area contributed by atoms with E-state index in [1.54, 1.807) is 12.4 Å². The van der Waals surface area contributed by atoms with E-state index in [0.29, 0.717) is 5.56 Å². The second-order valence-corrected chi connectivity index (χ2v) is 10.2. The molecule has 0 fully saturated rings. The van der Waals surface area contributed by atoms with Crippen LogP contribution < -0.4 is 5.11 Å². The Morgan fingerprint density at radius 1 is 1.18 bits per heavy atom. The number of hydrogen-bond donors (Lipinski definition) is 0. The molecule has 2 aromatic rings. The zero-order chi connectivity index (χ0) is 20.5. The minimum atomic E-state index is -1.19. The van der Waals surface area contributed by atoms with Gasteiger partial charge in [-0.05, 0) is 41.5 Å². The first-order chi connectivity index (χ1) is 13.1. The summed E-state index contributed by atoms with van der Waals surface area (Å²) in [5.74, 6) is 5.44. The van der Waals surface area contributed by atoms with Crippen molar-refractivity contribution in [2.45, 2.75) is 68.9 Å². The number of hydrogen-bond acceptors (Lipinski definition) is 5. The molecular formula is C23H25N2O2S-. The Morgan fingerprint density at radius 2 is 1.86 bits per heavy atom. The Morgan fingerprint density at radius 3 is 2.46 bits per heavy atom. The zero-order valence-corrected chi connectivity index (χ0v) is 17.9. The van der Waals surface area contributed by atoms with Crippen LogP contribution in [0.5, 0.6) is 0 Å². The van der Waals surface area contributed by atoms with Gasteiger partial charge in [-0.1, -0.05) is 46.5 Å². The van der Waals surface area contributed by atoms with Gasteiger partial charge < -0.3 is 9.90 Å². The molecule has 1 aliphatic rings. The van der Waals surface area contributed by atoms with E-state index in [9.17, 15) is 9.90 Å². The number of carbonyl (C=O) groups excluding carboxylic acids is 1. The van der Waals surface area contributed by atoms with Crippen LogP contribution in [0.4, 0.5) is 0 Å². The topological polar surface area (TPSA) is 65.9 Å². The minimum absolute atomic E-state index is 0.0996. The molecule has 0 saturated carbocycles. The van der Waals surface area contributed by atoms with Crippen molar-refractivity contribution >= 4 is 17.7 Å². The predicted molar refractivity (Wildman–Crippen MR) is 110 cm³/mol. The standard InChI is InChI=1S/C23H26N2O2S/c1-6-16-10-19-18(22(2,3)14-23(4,5)28-19)9-17(16)8-7-15-12-24-20(25-13-15)11-21(26)27/h9-10,12-13H,6,11,14H2,1-5H3,(H,26,27)/p-1. The molecule has 2 heterocycles. The lowest BCUT2D eigenvalue weighted by Gasteiger charge is -2.42. The highest BCUT2D eigenvalue weighted by molar-refractivity contribution is 8.00. The van der Waals surface area contributed by atoms with Crippen LogP contribution in [-0.4, -0.2) is 20.7 Å². The van der Waals surface area contributed by atoms with Gasteiger partial charge in [-0.2, -0.15) is 0 Å². The highest BCUT2D eigenvalue weighted by Crippen LogP contribution is 2.51. The molecule has 1 aromatic heterocycles. The Labute approximate surface area is 171 Å². The van der Waals surface area contributed by atoms with E-state index < -0.39 is 5.97 Å². The smallest absolute Gasteiger partial charge is 0.133 e. The van der Waals surface area contributed by atoms with Crippen LogP contribution in [0.2, 0.25) is 0 Å². The normalized spacial score (nSPS) is 16.6. The summed E-state index contributed by atoms with van der Waals surface area (Å²) in [6, 6.07) is 4.54. The fourth-order valence-corrected chi connectivity index (χ4v) is 5.59. The van der Waals surface area contributed by atoms with Crippen LogP contribution in [-0.2, 0) is 23.1 Å². The summed E-state index contributed by atoms with van der Waals surface area (Å²) in [7, 11) is 0. The number of carboxylic acid groups (broad SMARTS) is 1. The van der Waals surface area contributed by atoms with Crippen molar-refractivity contribution in [2.24, 2.45) is 0 Å². The van der Waals surface area contributed by atoms with Gasteiger partial charge in [-0.25, -0.2) is 9.97 Å². The molecule has 0 amide bonds. The van der Waals surface area contributed by atoms with Crippen LogP contribution in [0, 0.1) is 11.8 Å². The summed E-state index contributed by atoms with van der Waals surface area (Å²) in [5.41, 5.74) is 4.40. The second kappa shape index (κ2) is 7.60. The minimum Gasteiger partial charge on any atom is -0.550 e. The Bertz CT molecular complexity index is 967. The number of aryl methyl sites for hydroxylation is 1. The van der Waals surface area contributed by atoms with E-state index in [1.807, 2.05) is 11.8 Å². The van der Waals surface area contributed by atoms with Crippen LogP contribution >= 0.6 is 11.8 Å². The summed E-state index contributed by atoms with van der Waals surface area (Å²) >= 11 is 1.95. The third kappa shape index (κ3) is 4.56. The van der Waals surface area contributed by atoms with Crippen molar-refractivity contribution in [1.29, 1.82) is 0 Å². The van der Waals surface area contributed by atoms with Gasteiger partial charge in [0.1, 0.15) is 5.82 Å². The number of rotatable bonds is 3. The van der Waals surface area contributed by atoms with Gasteiger partial charge in [0.15, 0.2) is 0 Å². The molecule has 3 rings (SSSR count). The Hall–Kier alpha value is -2.32. The lowest BCUT2D eigenvalue weighted by molar-refractivity contribution is -0.304. The van der Waals surface area contributed by atoms with Gasteiger partial charge in [0.05, 0.1) is 5.56 Å². The van der Waals surface area contributed by atoms with Gasteiger partial charge in [0, 0.05) is 40.0 Å². The van der Waals surface area contributed by atoms with Gasteiger partial charge in [-0.3, -0.25) is 0 Å². The van der Waals surface area contributed by atoms with Crippen LogP contribution in [0.25, 0.3) is 0 Å². The fraction of sp³-hybridized carbons (Fsp3) is 0.435. The lowest BCUT2D eigenvalue weighted by Crippen LogP contribution is -2.33. The molecule has 0 unspecified atom stereocenters. The molecule has 0 aliphatic carbocycles. The predicted octanol–water partition coefficient (Wildman–Crippen LogP) is 3.28. The van der Waals surface area contributed by atoms with E-state index >= 15 is 0 Å². The summed E-state index contributed by atoms with van der Waals surface area (Å²) in [6.07, 6.45) is 4.86. The van der Waals surface area contributed by atoms with E-state index in [4.69, 9.17) is 0 Å². The highest BCUT2D eigenvalue weighted by atomic mass is 32.2. The molecule has 0 bridgehead atoms. The van der Waals surface area contributed by atoms with Crippen molar-refractivity contribution < 1.29 is 9.90 Å². The maximum atomic E-state index is 10.6. The van der Waals surface area contributed by atoms with Crippen molar-refractivity contribution in [1.82, 2.24) is 9.97 Å². The Balaban J connectivity index is 1.96. The molecule has 5 heteroatoms. The molecule has 4 nitrogen and oxygen atoms in total. The van der Waals surface area contributed by atoms with E-state index in [0.717, 1.165) is 18.4 Å². The number of thioether (sulfide) groups is 1. The molecule has 0 radical (unpaired) electrons. The number of carboxylic acids is 1. The molecule has 0 spiro atoms. The quantitative estimate of drug-likeness (QED) is 0.749. The van der Waals surface area contributed by atoms with Crippen molar-refractivity contribution in [2.75, 3.05) is 0 Å². The van der Waals surface area contributed by atoms with Crippen molar-refractivity contribution in [3.63, 3.8) is 0 Å². The maximum Gasteiger partial charge on any atom is 0.133 e. The number of aromatic nitrogens is 2. The van der Waals surface area contributed by atoms with Gasteiger partial charge in [0.25, 0.3) is 0 Å². The zero-order valence-electron chi connectivity index (χ0n) is 17.0. The second-order valence-electron chi connectivity index (χ2n) is 8.47. The fourth-order valence-electron chi connectivity index (χ4n) is 3.92. The Kier molecular flexibility index (Phi) is 5.54. The summed E-state index contributed by atoms with van der Waals surface area (Å²) in [6.45, 7) is 11.4. The lowest BCUT2D eigenvalue weighted by atomic mass is 9.76. The number of aliphatic carboxylic acids is 1. The van der Waals surface area contributed by atoms with Crippen LogP contribution in [0.15, 0.2) is 29.4 Å². The summed E-state index contributed by atoms with van der Waals surface area (Å²) < 4.78 is 0.221. The molecule has 0 atom stereocenters. The number of fused-ring (bicyclic) bond motifs is 1. The first kappa shape index (κ1) is 20.4. The van der Waals surface area contributed by atoms with Crippen LogP contribution in [0.1, 0.15) is 69.1 Å². The van der Waals surface area contributed by atoms with Crippen molar-refractivity contribution in [3.05, 3.63) is 52.6 Å². The highest BCUT2D eigenvalue weighted by Gasteiger charge is 2.38. The van der Waals surface area contributed by atoms with Gasteiger partial charge in [0.2, 0.25) is 0 Å². The molecule has 28 heavy (non-hydrogen) atoms. The van der Waals surface area contributed by atoms with Crippen LogP contribution in [0.3, 0.4) is 0 Å². The van der Waals surface area contributed by atoms with Gasteiger partial charge >= 0.3 is 0 Å². The third-order valence-corrected chi connectivity index (χ3v) is 6.17. The third-order valence-electron chi connectivity index (χ3n) is 4.92. The monoisotopic (exact) mass is 393 g/mol. The molecule has 0 N–H and O–H groups in total. The maximum absolute atomic E-state index is 10.6. The average Bonchev–Trinajstić information content (AvgIpc) is 2.58. The van der Waals surface area contributed by atoms with E-state index in [1.165, 1.54) is 16.0 Å². The first-order valence-electron chi connectivity index (χ1n) is 9.49. The van der Waals surface area contributed by atoms with Gasteiger partial charge in [-0.15, -0.1) is 11.8 Å². The SMILES string of the molecule is CCc1cc2c(cc1C#Cc1cnc(CC(=O)[O-])nc1)C(C)(C)CC(C)(C)S2. The molecule has 1 aromatic carbocycles. The van der Waals surface area contributed by atoms with Crippen molar-refractivity contribution in [3.8, 4) is 11.8 Å². The largest absolute Gasteiger partial charge is 0.550 e. The summed E-state index contributed by atoms with van der Waals surface area (Å²) in [5, 5.41) is 10.6. The number of carbonyl (C=O) groups is 1. The summed E-state index contributed by atoms with van der Waals surface area (Å²) in [4.78, 5) is 20.1. The van der Waals surface area contributed by atoms with E-state index in [-0.39, 0.29) is 22.4 Å².